The predicted octanol–water partition coefficient (Wildman–Crippen LogP) is 3.84. The number of ether oxygens (including phenoxy) is 1. The van der Waals surface area contributed by atoms with E-state index in [0.717, 1.165) is 12.1 Å². The molecule has 0 aliphatic carbocycles. The highest BCUT2D eigenvalue weighted by Crippen LogP contribution is 2.34. The Bertz CT molecular complexity index is 1180. The van der Waals surface area contributed by atoms with Crippen molar-refractivity contribution in [3.05, 3.63) is 63.8 Å². The fourth-order valence-electron chi connectivity index (χ4n) is 2.68. The number of pyridine rings is 2. The zero-order valence-corrected chi connectivity index (χ0v) is 15.5. The summed E-state index contributed by atoms with van der Waals surface area (Å²) in [6.45, 7) is 1.24. The summed E-state index contributed by atoms with van der Waals surface area (Å²) in [6, 6.07) is 3.95. The van der Waals surface area contributed by atoms with E-state index in [1.165, 1.54) is 13.0 Å². The molecule has 3 heterocycles. The summed E-state index contributed by atoms with van der Waals surface area (Å²) in [7, 11) is 0. The first-order chi connectivity index (χ1) is 14.4. The fourth-order valence-corrected chi connectivity index (χ4v) is 2.68. The minimum Gasteiger partial charge on any atom is -0.462 e. The molecular formula is C18H12F6N4O3. The van der Waals surface area contributed by atoms with E-state index < -0.39 is 52.1 Å². The quantitative estimate of drug-likeness (QED) is 0.486. The van der Waals surface area contributed by atoms with E-state index in [1.54, 1.807) is 0 Å². The molecule has 0 aliphatic heterocycles. The molecule has 31 heavy (non-hydrogen) atoms. The molecule has 0 saturated carbocycles. The van der Waals surface area contributed by atoms with Crippen molar-refractivity contribution in [2.45, 2.75) is 19.3 Å². The number of halogens is 6. The van der Waals surface area contributed by atoms with E-state index in [9.17, 15) is 35.9 Å². The van der Waals surface area contributed by atoms with Crippen molar-refractivity contribution >= 4 is 5.97 Å². The summed E-state index contributed by atoms with van der Waals surface area (Å²) >= 11 is 0. The number of nitrogens with one attached hydrogen (secondary N) is 1. The van der Waals surface area contributed by atoms with Gasteiger partial charge in [0, 0.05) is 6.20 Å². The van der Waals surface area contributed by atoms with Crippen LogP contribution in [-0.4, -0.2) is 32.3 Å². The molecule has 0 radical (unpaired) electrons. The third-order valence-corrected chi connectivity index (χ3v) is 3.99. The van der Waals surface area contributed by atoms with Gasteiger partial charge in [-0.2, -0.15) is 31.4 Å². The number of esters is 1. The maximum atomic E-state index is 13.6. The van der Waals surface area contributed by atoms with Crippen molar-refractivity contribution in [3.8, 4) is 17.1 Å². The largest absolute Gasteiger partial charge is 0.462 e. The van der Waals surface area contributed by atoms with E-state index in [2.05, 4.69) is 14.8 Å². The zero-order valence-electron chi connectivity index (χ0n) is 15.5. The molecule has 3 aromatic rings. The second kappa shape index (κ2) is 7.89. The van der Waals surface area contributed by atoms with Crippen LogP contribution in [0.15, 0.2) is 41.5 Å². The minimum absolute atomic E-state index is 0.173. The molecule has 13 heteroatoms. The topological polar surface area (TPSA) is 89.9 Å². The molecule has 1 N–H and O–H groups in total. The molecule has 3 aromatic heterocycles. The summed E-state index contributed by atoms with van der Waals surface area (Å²) in [5.41, 5.74) is -5.28. The number of aromatic amines is 1. The first-order valence-corrected chi connectivity index (χ1v) is 8.53. The number of nitrogens with zero attached hydrogens (tertiary/aromatic N) is 3. The van der Waals surface area contributed by atoms with E-state index in [1.807, 2.05) is 4.98 Å². The molecule has 0 aliphatic rings. The number of hydrogen-bond acceptors (Lipinski definition) is 5. The van der Waals surface area contributed by atoms with Crippen molar-refractivity contribution in [2.75, 3.05) is 6.61 Å². The molecule has 3 rings (SSSR count). The van der Waals surface area contributed by atoms with Crippen LogP contribution in [0.5, 0.6) is 0 Å². The lowest BCUT2D eigenvalue weighted by atomic mass is 10.1. The van der Waals surface area contributed by atoms with Gasteiger partial charge < -0.3 is 9.72 Å². The van der Waals surface area contributed by atoms with Gasteiger partial charge in [0.15, 0.2) is 11.5 Å². The second-order valence-electron chi connectivity index (χ2n) is 6.05. The van der Waals surface area contributed by atoms with Crippen molar-refractivity contribution < 1.29 is 35.9 Å². The Balaban J connectivity index is 2.16. The highest BCUT2D eigenvalue weighted by Gasteiger charge is 2.41. The number of alkyl halides is 6. The number of carbonyl (C=O) groups excluding carboxylic acids is 1. The number of rotatable bonds is 4. The Morgan fingerprint density at radius 3 is 2.48 bits per heavy atom. The van der Waals surface area contributed by atoms with Gasteiger partial charge in [-0.25, -0.2) is 14.5 Å². The molecule has 164 valence electrons. The Morgan fingerprint density at radius 1 is 1.16 bits per heavy atom. The van der Waals surface area contributed by atoms with Gasteiger partial charge in [-0.3, -0.25) is 4.79 Å². The van der Waals surface area contributed by atoms with Gasteiger partial charge in [-0.05, 0) is 25.1 Å². The molecule has 7 nitrogen and oxygen atoms in total. The number of carbonyl (C=O) groups is 1. The molecule has 0 atom stereocenters. The molecule has 0 amide bonds. The van der Waals surface area contributed by atoms with Crippen molar-refractivity contribution in [2.24, 2.45) is 0 Å². The van der Waals surface area contributed by atoms with Crippen molar-refractivity contribution in [3.63, 3.8) is 0 Å². The van der Waals surface area contributed by atoms with Crippen LogP contribution in [0.2, 0.25) is 0 Å². The zero-order chi connectivity index (χ0) is 23.0. The lowest BCUT2D eigenvalue weighted by Crippen LogP contribution is -2.19. The summed E-state index contributed by atoms with van der Waals surface area (Å²) in [4.78, 5) is 29.7. The van der Waals surface area contributed by atoms with Crippen LogP contribution in [0.1, 0.15) is 28.5 Å². The Kier molecular flexibility index (Phi) is 5.61. The first-order valence-electron chi connectivity index (χ1n) is 8.53. The Labute approximate surface area is 169 Å². The number of H-pyrrole nitrogens is 1. The van der Waals surface area contributed by atoms with Gasteiger partial charge >= 0.3 is 18.3 Å². The highest BCUT2D eigenvalue weighted by atomic mass is 19.4. The summed E-state index contributed by atoms with van der Waals surface area (Å²) in [5.74, 6) is -1.73. The SMILES string of the molecule is CCOC(=O)c1cnn(-c2cccc(-c3cc(C(F)(F)F)c[nH]c3=O)n2)c1C(F)(F)F. The third kappa shape index (κ3) is 4.44. The molecule has 0 spiro atoms. The summed E-state index contributed by atoms with van der Waals surface area (Å²) < 4.78 is 84.7. The Hall–Kier alpha value is -3.64. The molecule has 0 saturated heterocycles. The molecule has 0 fully saturated rings. The van der Waals surface area contributed by atoms with Crippen LogP contribution in [0.3, 0.4) is 0 Å². The smallest absolute Gasteiger partial charge is 0.434 e. The molecule has 0 bridgehead atoms. The minimum atomic E-state index is -5.04. The number of aromatic nitrogens is 4. The second-order valence-corrected chi connectivity index (χ2v) is 6.05. The highest BCUT2D eigenvalue weighted by molar-refractivity contribution is 5.90. The molecular weight excluding hydrogens is 434 g/mol. The van der Waals surface area contributed by atoms with Crippen LogP contribution >= 0.6 is 0 Å². The maximum absolute atomic E-state index is 13.6. The van der Waals surface area contributed by atoms with E-state index in [4.69, 9.17) is 0 Å². The van der Waals surface area contributed by atoms with Gasteiger partial charge in [0.25, 0.3) is 5.56 Å². The van der Waals surface area contributed by atoms with Crippen LogP contribution < -0.4 is 5.56 Å². The van der Waals surface area contributed by atoms with Gasteiger partial charge in [-0.15, -0.1) is 0 Å². The summed E-state index contributed by atoms with van der Waals surface area (Å²) in [6.07, 6.45) is -8.69. The predicted molar refractivity (Wildman–Crippen MR) is 93.4 cm³/mol. The van der Waals surface area contributed by atoms with Crippen LogP contribution in [0.25, 0.3) is 17.1 Å². The average Bonchev–Trinajstić information content (AvgIpc) is 3.13. The van der Waals surface area contributed by atoms with E-state index in [-0.39, 0.29) is 12.3 Å². The van der Waals surface area contributed by atoms with Gasteiger partial charge in [0.05, 0.1) is 29.6 Å². The maximum Gasteiger partial charge on any atom is 0.434 e. The van der Waals surface area contributed by atoms with Gasteiger partial charge in [0.1, 0.15) is 5.56 Å². The van der Waals surface area contributed by atoms with Crippen LogP contribution in [-0.2, 0) is 17.1 Å². The monoisotopic (exact) mass is 446 g/mol. The van der Waals surface area contributed by atoms with Crippen LogP contribution in [0.4, 0.5) is 26.3 Å². The molecule has 0 aromatic carbocycles. The van der Waals surface area contributed by atoms with Crippen molar-refractivity contribution in [1.29, 1.82) is 0 Å². The lowest BCUT2D eigenvalue weighted by molar-refractivity contribution is -0.143. The lowest BCUT2D eigenvalue weighted by Gasteiger charge is -2.13. The normalized spacial score (nSPS) is 12.1. The standard InChI is InChI=1S/C18H12F6N4O3/c1-2-31-16(30)11-8-26-28(14(11)18(22,23)24)13-5-3-4-12(27-13)10-6-9(17(19,20)21)7-25-15(10)29/h3-8H,2H2,1H3,(H,25,29). The summed E-state index contributed by atoms with van der Waals surface area (Å²) in [5, 5.41) is 3.54. The number of hydrogen-bond donors (Lipinski definition) is 1. The molecule has 0 unspecified atom stereocenters. The van der Waals surface area contributed by atoms with Crippen LogP contribution in [0, 0.1) is 0 Å². The average molecular weight is 446 g/mol. The third-order valence-electron chi connectivity index (χ3n) is 3.99. The van der Waals surface area contributed by atoms with Crippen molar-refractivity contribution in [1.82, 2.24) is 19.7 Å². The Morgan fingerprint density at radius 2 is 1.87 bits per heavy atom. The fraction of sp³-hybridized carbons (Fsp3) is 0.222. The first kappa shape index (κ1) is 22.1. The van der Waals surface area contributed by atoms with Gasteiger partial charge in [-0.1, -0.05) is 6.07 Å². The van der Waals surface area contributed by atoms with Gasteiger partial charge in [0.2, 0.25) is 0 Å². The van der Waals surface area contributed by atoms with E-state index >= 15 is 0 Å². The van der Waals surface area contributed by atoms with E-state index in [0.29, 0.717) is 23.1 Å².